The molecule has 1 heterocycles. The van der Waals surface area contributed by atoms with Gasteiger partial charge in [0, 0.05) is 30.3 Å². The van der Waals surface area contributed by atoms with Gasteiger partial charge in [0.25, 0.3) is 0 Å². The van der Waals surface area contributed by atoms with Gasteiger partial charge in [0.2, 0.25) is 5.91 Å². The monoisotopic (exact) mass is 358 g/mol. The Kier molecular flexibility index (Phi) is 5.30. The first-order valence-corrected chi connectivity index (χ1v) is 8.82. The normalized spacial score (nSPS) is 18.5. The van der Waals surface area contributed by atoms with Crippen molar-refractivity contribution in [2.45, 2.75) is 26.4 Å². The fourth-order valence-corrected chi connectivity index (χ4v) is 3.28. The van der Waals surface area contributed by atoms with Gasteiger partial charge in [-0.05, 0) is 49.2 Å². The van der Waals surface area contributed by atoms with E-state index in [1.54, 1.807) is 7.11 Å². The van der Waals surface area contributed by atoms with Gasteiger partial charge >= 0.3 is 0 Å². The van der Waals surface area contributed by atoms with Crippen LogP contribution in [-0.2, 0) is 11.3 Å². The maximum Gasteiger partial charge on any atom is 0.244 e. The molecular weight excluding hydrogens is 336 g/mol. The van der Waals surface area contributed by atoms with Crippen LogP contribution >= 0.6 is 11.6 Å². The zero-order valence-corrected chi connectivity index (χ0v) is 15.6. The Morgan fingerprint density at radius 2 is 1.88 bits per heavy atom. The Morgan fingerprint density at radius 3 is 2.52 bits per heavy atom. The molecular formula is C20H23ClN2O2. The largest absolute Gasteiger partial charge is 0.497 e. The molecule has 0 spiro atoms. The highest BCUT2D eigenvalue weighted by atomic mass is 35.5. The predicted octanol–water partition coefficient (Wildman–Crippen LogP) is 3.89. The number of hydrogen-bond acceptors (Lipinski definition) is 3. The van der Waals surface area contributed by atoms with Gasteiger partial charge in [-0.25, -0.2) is 0 Å². The van der Waals surface area contributed by atoms with Gasteiger partial charge in [-0.1, -0.05) is 29.8 Å². The van der Waals surface area contributed by atoms with Crippen LogP contribution in [0.1, 0.15) is 18.1 Å². The highest BCUT2D eigenvalue weighted by Crippen LogP contribution is 2.26. The fraction of sp³-hybridized carbons (Fsp3) is 0.350. The topological polar surface area (TPSA) is 32.8 Å². The molecule has 0 aliphatic carbocycles. The first-order chi connectivity index (χ1) is 12.0. The van der Waals surface area contributed by atoms with Crippen molar-refractivity contribution in [3.05, 3.63) is 58.6 Å². The number of carbonyl (C=O) groups excluding carboxylic acids is 1. The van der Waals surface area contributed by atoms with E-state index in [4.69, 9.17) is 16.3 Å². The van der Waals surface area contributed by atoms with Gasteiger partial charge in [-0.15, -0.1) is 0 Å². The average Bonchev–Trinajstić information content (AvgIpc) is 2.62. The van der Waals surface area contributed by atoms with E-state index in [0.29, 0.717) is 11.6 Å². The third kappa shape index (κ3) is 3.80. The fourth-order valence-electron chi connectivity index (χ4n) is 3.10. The SMILES string of the molecule is COc1ccc(CN2CCN(c3ccc(C)c(Cl)c3)C(=O)C2C)cc1. The average molecular weight is 359 g/mol. The summed E-state index contributed by atoms with van der Waals surface area (Å²) in [6.45, 7) is 6.17. The molecule has 0 aromatic heterocycles. The van der Waals surface area contributed by atoms with Crippen molar-refractivity contribution >= 4 is 23.2 Å². The number of anilines is 1. The molecule has 1 aliphatic heterocycles. The van der Waals surface area contributed by atoms with Crippen molar-refractivity contribution in [1.82, 2.24) is 4.90 Å². The first kappa shape index (κ1) is 17.8. The summed E-state index contributed by atoms with van der Waals surface area (Å²) in [7, 11) is 1.66. The predicted molar refractivity (Wildman–Crippen MR) is 101 cm³/mol. The molecule has 4 nitrogen and oxygen atoms in total. The van der Waals surface area contributed by atoms with E-state index in [1.807, 2.05) is 61.2 Å². The van der Waals surface area contributed by atoms with Gasteiger partial charge < -0.3 is 9.64 Å². The summed E-state index contributed by atoms with van der Waals surface area (Å²) in [6, 6.07) is 13.6. The van der Waals surface area contributed by atoms with Crippen LogP contribution < -0.4 is 9.64 Å². The van der Waals surface area contributed by atoms with Crippen LogP contribution in [0.3, 0.4) is 0 Å². The summed E-state index contributed by atoms with van der Waals surface area (Å²) < 4.78 is 5.19. The molecule has 1 unspecified atom stereocenters. The van der Waals surface area contributed by atoms with E-state index in [2.05, 4.69) is 4.90 Å². The standard InChI is InChI=1S/C20H23ClN2O2/c1-14-4-7-17(12-19(14)21)23-11-10-22(15(2)20(23)24)13-16-5-8-18(25-3)9-6-16/h4-9,12,15H,10-11,13H2,1-3H3. The van der Waals surface area contributed by atoms with Crippen LogP contribution in [0, 0.1) is 6.92 Å². The Bertz CT molecular complexity index is 761. The van der Waals surface area contributed by atoms with E-state index in [0.717, 1.165) is 30.1 Å². The lowest BCUT2D eigenvalue weighted by Crippen LogP contribution is -2.55. The van der Waals surface area contributed by atoms with Crippen LogP contribution in [0.15, 0.2) is 42.5 Å². The molecule has 1 atom stereocenters. The summed E-state index contributed by atoms with van der Waals surface area (Å²) in [5.41, 5.74) is 3.06. The Balaban J connectivity index is 1.71. The van der Waals surface area contributed by atoms with Gasteiger partial charge in [-0.2, -0.15) is 0 Å². The number of aryl methyl sites for hydroxylation is 1. The molecule has 2 aromatic rings. The molecule has 3 rings (SSSR count). The van der Waals surface area contributed by atoms with Crippen molar-refractivity contribution in [2.24, 2.45) is 0 Å². The lowest BCUT2D eigenvalue weighted by atomic mass is 10.1. The van der Waals surface area contributed by atoms with E-state index >= 15 is 0 Å². The van der Waals surface area contributed by atoms with Gasteiger partial charge in [-0.3, -0.25) is 9.69 Å². The summed E-state index contributed by atoms with van der Waals surface area (Å²) in [4.78, 5) is 16.9. The molecule has 0 radical (unpaired) electrons. The molecule has 1 amide bonds. The second-order valence-electron chi connectivity index (χ2n) is 6.42. The third-order valence-electron chi connectivity index (χ3n) is 4.79. The number of amides is 1. The molecule has 1 fully saturated rings. The van der Waals surface area contributed by atoms with Crippen molar-refractivity contribution in [3.63, 3.8) is 0 Å². The molecule has 5 heteroatoms. The molecule has 1 saturated heterocycles. The van der Waals surface area contributed by atoms with E-state index in [9.17, 15) is 4.79 Å². The molecule has 1 aliphatic rings. The number of ether oxygens (including phenoxy) is 1. The van der Waals surface area contributed by atoms with E-state index < -0.39 is 0 Å². The van der Waals surface area contributed by atoms with Gasteiger partial charge in [0.05, 0.1) is 13.2 Å². The number of piperazine rings is 1. The number of methoxy groups -OCH3 is 1. The lowest BCUT2D eigenvalue weighted by molar-refractivity contribution is -0.125. The zero-order chi connectivity index (χ0) is 18.0. The number of halogens is 1. The highest BCUT2D eigenvalue weighted by Gasteiger charge is 2.32. The molecule has 0 saturated carbocycles. The second kappa shape index (κ2) is 7.46. The van der Waals surface area contributed by atoms with Gasteiger partial charge in [0.1, 0.15) is 5.75 Å². The summed E-state index contributed by atoms with van der Waals surface area (Å²) in [6.07, 6.45) is 0. The van der Waals surface area contributed by atoms with Gasteiger partial charge in [0.15, 0.2) is 0 Å². The Morgan fingerprint density at radius 1 is 1.16 bits per heavy atom. The summed E-state index contributed by atoms with van der Waals surface area (Å²) >= 11 is 6.22. The van der Waals surface area contributed by atoms with Crippen LogP contribution in [-0.4, -0.2) is 37.0 Å². The van der Waals surface area contributed by atoms with E-state index in [1.165, 1.54) is 5.56 Å². The molecule has 25 heavy (non-hydrogen) atoms. The quantitative estimate of drug-likeness (QED) is 0.831. The molecule has 0 N–H and O–H groups in total. The number of hydrogen-bond donors (Lipinski definition) is 0. The van der Waals surface area contributed by atoms with Crippen LogP contribution in [0.25, 0.3) is 0 Å². The first-order valence-electron chi connectivity index (χ1n) is 8.44. The van der Waals surface area contributed by atoms with Crippen LogP contribution in [0.2, 0.25) is 5.02 Å². The maximum atomic E-state index is 12.8. The van der Waals surface area contributed by atoms with E-state index in [-0.39, 0.29) is 11.9 Å². The number of nitrogens with zero attached hydrogens (tertiary/aromatic N) is 2. The molecule has 132 valence electrons. The van der Waals surface area contributed by atoms with Crippen LogP contribution in [0.5, 0.6) is 5.75 Å². The molecule has 2 aromatic carbocycles. The highest BCUT2D eigenvalue weighted by molar-refractivity contribution is 6.31. The lowest BCUT2D eigenvalue weighted by Gasteiger charge is -2.39. The summed E-state index contributed by atoms with van der Waals surface area (Å²) in [5.74, 6) is 0.952. The molecule has 0 bridgehead atoms. The van der Waals surface area contributed by atoms with Crippen LogP contribution in [0.4, 0.5) is 5.69 Å². The number of carbonyl (C=O) groups is 1. The summed E-state index contributed by atoms with van der Waals surface area (Å²) in [5, 5.41) is 0.693. The number of benzene rings is 2. The zero-order valence-electron chi connectivity index (χ0n) is 14.8. The van der Waals surface area contributed by atoms with Crippen molar-refractivity contribution in [1.29, 1.82) is 0 Å². The Hall–Kier alpha value is -2.04. The third-order valence-corrected chi connectivity index (χ3v) is 5.20. The van der Waals surface area contributed by atoms with Crippen molar-refractivity contribution in [2.75, 3.05) is 25.1 Å². The van der Waals surface area contributed by atoms with Crippen molar-refractivity contribution in [3.8, 4) is 5.75 Å². The second-order valence-corrected chi connectivity index (χ2v) is 6.83. The minimum absolute atomic E-state index is 0.111. The maximum absolute atomic E-state index is 12.8. The van der Waals surface area contributed by atoms with Crippen molar-refractivity contribution < 1.29 is 9.53 Å². The smallest absolute Gasteiger partial charge is 0.244 e. The number of rotatable bonds is 4. The minimum atomic E-state index is -0.170. The minimum Gasteiger partial charge on any atom is -0.497 e. The Labute approximate surface area is 154 Å².